The largest absolute Gasteiger partial charge is 0.379 e. The third-order valence-corrected chi connectivity index (χ3v) is 6.18. The monoisotopic (exact) mass is 395 g/mol. The molecule has 7 nitrogen and oxygen atoms in total. The molecule has 1 fully saturated rings. The van der Waals surface area contributed by atoms with Crippen LogP contribution >= 0.6 is 11.6 Å². The molecule has 1 aromatic carbocycles. The van der Waals surface area contributed by atoms with Crippen molar-refractivity contribution in [3.63, 3.8) is 0 Å². The predicted octanol–water partition coefficient (Wildman–Crippen LogP) is 2.32. The number of ether oxygens (including phenoxy) is 1. The molecule has 138 valence electrons. The van der Waals surface area contributed by atoms with Gasteiger partial charge in [-0.3, -0.25) is 9.78 Å². The number of rotatable bonds is 4. The number of nitrogens with zero attached hydrogens (tertiary/aromatic N) is 2. The maximum absolute atomic E-state index is 12.8. The van der Waals surface area contributed by atoms with Crippen molar-refractivity contribution in [3.8, 4) is 0 Å². The number of hydrogen-bond acceptors (Lipinski definition) is 5. The molecule has 2 heterocycles. The number of hydrogen-bond donors (Lipinski definition) is 1. The fourth-order valence-electron chi connectivity index (χ4n) is 2.58. The molecule has 0 saturated carbocycles. The highest BCUT2D eigenvalue weighted by Crippen LogP contribution is 2.27. The number of halogens is 1. The smallest absolute Gasteiger partial charge is 0.255 e. The van der Waals surface area contributed by atoms with E-state index in [4.69, 9.17) is 16.3 Å². The van der Waals surface area contributed by atoms with Gasteiger partial charge < -0.3 is 10.1 Å². The number of aryl methyl sites for hydroxylation is 1. The first-order valence-electron chi connectivity index (χ1n) is 7.99. The Hall–Kier alpha value is -2.00. The zero-order valence-corrected chi connectivity index (χ0v) is 15.7. The van der Waals surface area contributed by atoms with Crippen molar-refractivity contribution in [2.75, 3.05) is 31.6 Å². The van der Waals surface area contributed by atoms with Crippen molar-refractivity contribution in [3.05, 3.63) is 52.8 Å². The van der Waals surface area contributed by atoms with Gasteiger partial charge in [-0.2, -0.15) is 4.31 Å². The Morgan fingerprint density at radius 1 is 1.23 bits per heavy atom. The molecule has 0 atom stereocenters. The van der Waals surface area contributed by atoms with Crippen LogP contribution in [0, 0.1) is 6.92 Å². The van der Waals surface area contributed by atoms with Crippen molar-refractivity contribution >= 4 is 33.2 Å². The molecule has 1 aliphatic rings. The summed E-state index contributed by atoms with van der Waals surface area (Å²) in [4.78, 5) is 16.5. The molecule has 1 aromatic heterocycles. The lowest BCUT2D eigenvalue weighted by molar-refractivity contribution is 0.0730. The Bertz CT molecular complexity index is 927. The van der Waals surface area contributed by atoms with Gasteiger partial charge in [-0.15, -0.1) is 0 Å². The van der Waals surface area contributed by atoms with E-state index in [1.807, 2.05) is 0 Å². The molecular formula is C17H18ClN3O4S. The van der Waals surface area contributed by atoms with E-state index in [-0.39, 0.29) is 15.6 Å². The summed E-state index contributed by atoms with van der Waals surface area (Å²) in [7, 11) is -3.68. The second-order valence-electron chi connectivity index (χ2n) is 5.80. The number of anilines is 1. The van der Waals surface area contributed by atoms with Crippen LogP contribution in [0.25, 0.3) is 0 Å². The SMILES string of the molecule is Cc1cc(C(=O)Nc2cc(S(=O)(=O)N3CCOCC3)ccc2Cl)ccn1. The topological polar surface area (TPSA) is 88.6 Å². The first kappa shape index (κ1) is 18.8. The highest BCUT2D eigenvalue weighted by molar-refractivity contribution is 7.89. The Labute approximate surface area is 157 Å². The average Bonchev–Trinajstić information content (AvgIpc) is 2.64. The molecule has 3 rings (SSSR count). The van der Waals surface area contributed by atoms with E-state index in [1.165, 1.54) is 28.7 Å². The lowest BCUT2D eigenvalue weighted by Crippen LogP contribution is -2.40. The summed E-state index contributed by atoms with van der Waals surface area (Å²) in [5.74, 6) is -0.390. The molecule has 9 heteroatoms. The predicted molar refractivity (Wildman–Crippen MR) is 98.0 cm³/mol. The molecule has 0 unspecified atom stereocenters. The van der Waals surface area contributed by atoms with Gasteiger partial charge in [0.05, 0.1) is 28.8 Å². The lowest BCUT2D eigenvalue weighted by atomic mass is 10.2. The van der Waals surface area contributed by atoms with Gasteiger partial charge >= 0.3 is 0 Å². The summed E-state index contributed by atoms with van der Waals surface area (Å²) < 4.78 is 32.1. The first-order valence-corrected chi connectivity index (χ1v) is 9.81. The van der Waals surface area contributed by atoms with Crippen molar-refractivity contribution in [2.45, 2.75) is 11.8 Å². The summed E-state index contributed by atoms with van der Waals surface area (Å²) in [5.41, 5.74) is 1.35. The van der Waals surface area contributed by atoms with Crippen LogP contribution in [0.3, 0.4) is 0 Å². The van der Waals surface area contributed by atoms with Crippen molar-refractivity contribution in [1.29, 1.82) is 0 Å². The quantitative estimate of drug-likeness (QED) is 0.858. The molecule has 0 radical (unpaired) electrons. The maximum atomic E-state index is 12.8. The third kappa shape index (κ3) is 4.04. The number of amides is 1. The van der Waals surface area contributed by atoms with Gasteiger partial charge in [-0.05, 0) is 37.3 Å². The summed E-state index contributed by atoms with van der Waals surface area (Å²) in [5, 5.41) is 2.92. The van der Waals surface area contributed by atoms with Crippen LogP contribution in [0.1, 0.15) is 16.1 Å². The van der Waals surface area contributed by atoms with Gasteiger partial charge in [0, 0.05) is 30.5 Å². The van der Waals surface area contributed by atoms with E-state index in [0.29, 0.717) is 37.6 Å². The second-order valence-corrected chi connectivity index (χ2v) is 8.14. The summed E-state index contributed by atoms with van der Waals surface area (Å²) in [6.07, 6.45) is 1.53. The maximum Gasteiger partial charge on any atom is 0.255 e. The van der Waals surface area contributed by atoms with Gasteiger partial charge in [-0.1, -0.05) is 11.6 Å². The Kier molecular flexibility index (Phi) is 5.57. The van der Waals surface area contributed by atoms with Crippen LogP contribution in [0.2, 0.25) is 5.02 Å². The number of carbonyl (C=O) groups excluding carboxylic acids is 1. The zero-order valence-electron chi connectivity index (χ0n) is 14.1. The fourth-order valence-corrected chi connectivity index (χ4v) is 4.18. The standard InChI is InChI=1S/C17H18ClN3O4S/c1-12-10-13(4-5-19-12)17(22)20-16-11-14(2-3-15(16)18)26(23,24)21-6-8-25-9-7-21/h2-5,10-11H,6-9H2,1H3,(H,20,22). The minimum absolute atomic E-state index is 0.0741. The molecule has 0 spiro atoms. The van der Waals surface area contributed by atoms with Crippen LogP contribution in [0.5, 0.6) is 0 Å². The van der Waals surface area contributed by atoms with Crippen molar-refractivity contribution in [1.82, 2.24) is 9.29 Å². The highest BCUT2D eigenvalue weighted by atomic mass is 35.5. The Morgan fingerprint density at radius 2 is 1.96 bits per heavy atom. The normalized spacial score (nSPS) is 15.6. The zero-order chi connectivity index (χ0) is 18.7. The number of pyridine rings is 1. The van der Waals surface area contributed by atoms with Crippen molar-refractivity contribution in [2.24, 2.45) is 0 Å². The summed E-state index contributed by atoms with van der Waals surface area (Å²) in [6.45, 7) is 3.08. The Morgan fingerprint density at radius 3 is 2.65 bits per heavy atom. The molecular weight excluding hydrogens is 378 g/mol. The van der Waals surface area contributed by atoms with Crippen LogP contribution in [0.4, 0.5) is 5.69 Å². The van der Waals surface area contributed by atoms with E-state index in [0.717, 1.165) is 0 Å². The molecule has 26 heavy (non-hydrogen) atoms. The third-order valence-electron chi connectivity index (χ3n) is 3.95. The van der Waals surface area contributed by atoms with Gasteiger partial charge in [0.2, 0.25) is 10.0 Å². The minimum atomic E-state index is -3.68. The molecule has 1 saturated heterocycles. The van der Waals surface area contributed by atoms with Gasteiger partial charge in [0.15, 0.2) is 0 Å². The van der Waals surface area contributed by atoms with Crippen LogP contribution < -0.4 is 5.32 Å². The molecule has 1 aliphatic heterocycles. The number of carbonyl (C=O) groups is 1. The number of aromatic nitrogens is 1. The molecule has 0 aliphatic carbocycles. The minimum Gasteiger partial charge on any atom is -0.379 e. The fraction of sp³-hybridized carbons (Fsp3) is 0.294. The van der Waals surface area contributed by atoms with E-state index in [9.17, 15) is 13.2 Å². The highest BCUT2D eigenvalue weighted by Gasteiger charge is 2.27. The van der Waals surface area contributed by atoms with E-state index < -0.39 is 15.9 Å². The van der Waals surface area contributed by atoms with Gasteiger partial charge in [0.25, 0.3) is 5.91 Å². The second kappa shape index (κ2) is 7.71. The van der Waals surface area contributed by atoms with E-state index >= 15 is 0 Å². The molecule has 0 bridgehead atoms. The first-order chi connectivity index (χ1) is 12.4. The van der Waals surface area contributed by atoms with Gasteiger partial charge in [-0.25, -0.2) is 8.42 Å². The molecule has 1 N–H and O–H groups in total. The molecule has 2 aromatic rings. The number of sulfonamides is 1. The molecule has 1 amide bonds. The van der Waals surface area contributed by atoms with Crippen LogP contribution in [0.15, 0.2) is 41.4 Å². The lowest BCUT2D eigenvalue weighted by Gasteiger charge is -2.26. The summed E-state index contributed by atoms with van der Waals surface area (Å²) in [6, 6.07) is 7.48. The average molecular weight is 396 g/mol. The number of nitrogens with one attached hydrogen (secondary N) is 1. The number of benzene rings is 1. The van der Waals surface area contributed by atoms with Crippen LogP contribution in [-0.2, 0) is 14.8 Å². The summed E-state index contributed by atoms with van der Waals surface area (Å²) >= 11 is 6.14. The van der Waals surface area contributed by atoms with E-state index in [1.54, 1.807) is 19.1 Å². The van der Waals surface area contributed by atoms with Crippen molar-refractivity contribution < 1.29 is 17.9 Å². The number of morpholine rings is 1. The van der Waals surface area contributed by atoms with E-state index in [2.05, 4.69) is 10.3 Å². The van der Waals surface area contributed by atoms with Crippen LogP contribution in [-0.4, -0.2) is 49.9 Å². The van der Waals surface area contributed by atoms with Gasteiger partial charge in [0.1, 0.15) is 0 Å². The Balaban J connectivity index is 1.87.